The van der Waals surface area contributed by atoms with E-state index in [9.17, 15) is 14.7 Å². The van der Waals surface area contributed by atoms with E-state index >= 15 is 0 Å². The van der Waals surface area contributed by atoms with Gasteiger partial charge in [0.15, 0.2) is 6.10 Å². The number of benzene rings is 2. The van der Waals surface area contributed by atoms with Crippen LogP contribution in [0.25, 0.3) is 32.9 Å². The Morgan fingerprint density at radius 3 is 2.60 bits per heavy atom. The molecule has 2 aromatic heterocycles. The minimum Gasteiger partial charge on any atom is -0.493 e. The number of carboxylic acids is 1. The van der Waals surface area contributed by atoms with E-state index in [4.69, 9.17) is 19.4 Å². The highest BCUT2D eigenvalue weighted by molar-refractivity contribution is 6.09. The zero-order valence-electron chi connectivity index (χ0n) is 23.3. The number of likely N-dealkylation sites (tertiary alicyclic amines) is 1. The Morgan fingerprint density at radius 1 is 1.10 bits per heavy atom. The van der Waals surface area contributed by atoms with Gasteiger partial charge in [0.1, 0.15) is 11.4 Å². The summed E-state index contributed by atoms with van der Waals surface area (Å²) in [7, 11) is 0. The number of aliphatic carboxylic acids is 1. The van der Waals surface area contributed by atoms with Crippen molar-refractivity contribution in [3.05, 3.63) is 65.0 Å². The van der Waals surface area contributed by atoms with Crippen molar-refractivity contribution < 1.29 is 24.2 Å². The second-order valence-corrected chi connectivity index (χ2v) is 11.6. The van der Waals surface area contributed by atoms with Gasteiger partial charge in [-0.25, -0.2) is 9.78 Å². The number of aromatic nitrogens is 2. The fraction of sp³-hybridized carbons (Fsp3) is 0.375. The third-order valence-electron chi connectivity index (χ3n) is 7.65. The summed E-state index contributed by atoms with van der Waals surface area (Å²) in [5.41, 5.74) is 4.92. The van der Waals surface area contributed by atoms with Crippen molar-refractivity contribution in [3.63, 3.8) is 0 Å². The lowest BCUT2D eigenvalue weighted by Gasteiger charge is -2.29. The van der Waals surface area contributed by atoms with E-state index in [1.807, 2.05) is 62.9 Å². The molecule has 4 heterocycles. The van der Waals surface area contributed by atoms with Crippen LogP contribution in [0, 0.1) is 6.92 Å². The third kappa shape index (κ3) is 4.56. The fourth-order valence-corrected chi connectivity index (χ4v) is 5.94. The fourth-order valence-electron chi connectivity index (χ4n) is 5.94. The molecule has 40 heavy (non-hydrogen) atoms. The Hall–Kier alpha value is -4.04. The normalized spacial score (nSPS) is 15.8. The predicted molar refractivity (Wildman–Crippen MR) is 153 cm³/mol. The van der Waals surface area contributed by atoms with Crippen LogP contribution in [-0.2, 0) is 16.0 Å². The monoisotopic (exact) mass is 539 g/mol. The molecule has 2 aromatic carbocycles. The van der Waals surface area contributed by atoms with Crippen LogP contribution in [0.2, 0.25) is 0 Å². The maximum Gasteiger partial charge on any atom is 0.337 e. The summed E-state index contributed by atoms with van der Waals surface area (Å²) in [6, 6.07) is 11.4. The van der Waals surface area contributed by atoms with Crippen LogP contribution in [0.5, 0.6) is 5.75 Å². The van der Waals surface area contributed by atoms with Gasteiger partial charge in [0.25, 0.3) is 5.91 Å². The number of nitrogens with zero attached hydrogens (tertiary/aromatic N) is 3. The van der Waals surface area contributed by atoms with Crippen LogP contribution >= 0.6 is 0 Å². The van der Waals surface area contributed by atoms with Crippen molar-refractivity contribution >= 4 is 33.7 Å². The van der Waals surface area contributed by atoms with E-state index in [1.54, 1.807) is 12.3 Å². The van der Waals surface area contributed by atoms with Crippen molar-refractivity contribution in [1.82, 2.24) is 14.9 Å². The molecule has 0 aliphatic carbocycles. The zero-order chi connectivity index (χ0) is 28.2. The van der Waals surface area contributed by atoms with E-state index in [0.29, 0.717) is 34.5 Å². The Balaban J connectivity index is 1.65. The van der Waals surface area contributed by atoms with E-state index in [1.165, 1.54) is 0 Å². The average molecular weight is 540 g/mol. The highest BCUT2D eigenvalue weighted by Crippen LogP contribution is 2.45. The highest BCUT2D eigenvalue weighted by Gasteiger charge is 2.33. The first-order valence-corrected chi connectivity index (χ1v) is 13.8. The van der Waals surface area contributed by atoms with Crippen molar-refractivity contribution in [3.8, 4) is 16.9 Å². The van der Waals surface area contributed by atoms with Gasteiger partial charge >= 0.3 is 5.97 Å². The number of carbonyl (C=O) groups excluding carboxylic acids is 1. The molecular weight excluding hydrogens is 506 g/mol. The lowest BCUT2D eigenvalue weighted by molar-refractivity contribution is -0.160. The smallest absolute Gasteiger partial charge is 0.337 e. The molecule has 1 N–H and O–H groups in total. The second kappa shape index (κ2) is 9.86. The summed E-state index contributed by atoms with van der Waals surface area (Å²) in [6.07, 6.45) is 3.33. The maximum atomic E-state index is 13.2. The number of aryl methyl sites for hydroxylation is 1. The summed E-state index contributed by atoms with van der Waals surface area (Å²) >= 11 is 0. The number of hydrogen-bond donors (Lipinski definition) is 1. The SMILES string of the molecule is Cc1cc2nc(C(=O)N3CCCC3)ccc2c(-c2ccc3c4c(ccnc24)CCO3)c1[C@H](OC(C)(C)C)C(=O)O. The van der Waals surface area contributed by atoms with Crippen LogP contribution in [0.3, 0.4) is 0 Å². The van der Waals surface area contributed by atoms with E-state index in [-0.39, 0.29) is 5.91 Å². The number of carboxylic acid groups (broad SMARTS) is 1. The van der Waals surface area contributed by atoms with Gasteiger partial charge in [-0.3, -0.25) is 9.78 Å². The first-order chi connectivity index (χ1) is 19.1. The van der Waals surface area contributed by atoms with Gasteiger partial charge in [0, 0.05) is 47.6 Å². The molecular formula is C32H33N3O5. The number of ether oxygens (including phenoxy) is 2. The minimum atomic E-state index is -1.23. The van der Waals surface area contributed by atoms with Gasteiger partial charge in [0.2, 0.25) is 0 Å². The molecule has 0 radical (unpaired) electrons. The number of carbonyl (C=O) groups is 2. The zero-order valence-corrected chi connectivity index (χ0v) is 23.3. The molecule has 2 aliphatic rings. The van der Waals surface area contributed by atoms with Crippen LogP contribution in [-0.4, -0.2) is 57.1 Å². The summed E-state index contributed by atoms with van der Waals surface area (Å²) in [4.78, 5) is 37.3. The van der Waals surface area contributed by atoms with Crippen molar-refractivity contribution in [2.24, 2.45) is 0 Å². The Labute approximate surface area is 232 Å². The number of amides is 1. The van der Waals surface area contributed by atoms with Crippen molar-refractivity contribution in [2.45, 2.75) is 58.7 Å². The lowest BCUT2D eigenvalue weighted by atomic mass is 9.86. The van der Waals surface area contributed by atoms with Gasteiger partial charge in [-0.05, 0) is 93.6 Å². The van der Waals surface area contributed by atoms with Crippen molar-refractivity contribution in [1.29, 1.82) is 0 Å². The van der Waals surface area contributed by atoms with Gasteiger partial charge in [-0.2, -0.15) is 0 Å². The first-order valence-electron chi connectivity index (χ1n) is 13.8. The van der Waals surface area contributed by atoms with E-state index in [0.717, 1.165) is 65.5 Å². The number of pyridine rings is 2. The minimum absolute atomic E-state index is 0.0810. The summed E-state index contributed by atoms with van der Waals surface area (Å²) in [6.45, 7) is 9.48. The molecule has 2 aliphatic heterocycles. The molecule has 8 nitrogen and oxygen atoms in total. The molecule has 1 saturated heterocycles. The largest absolute Gasteiger partial charge is 0.493 e. The number of fused-ring (bicyclic) bond motifs is 1. The number of rotatable bonds is 5. The highest BCUT2D eigenvalue weighted by atomic mass is 16.5. The third-order valence-corrected chi connectivity index (χ3v) is 7.65. The molecule has 0 spiro atoms. The van der Waals surface area contributed by atoms with E-state index < -0.39 is 17.7 Å². The molecule has 6 rings (SSSR count). The molecule has 1 fully saturated rings. The standard InChI is InChI=1S/C32H33N3O5/c1-18-17-23-20(7-9-22(34-23)30(36)35-14-5-6-15-35)27(25(18)29(31(37)38)40-32(2,3)4)21-8-10-24-26-19(12-16-39-24)11-13-33-28(21)26/h7-11,13,17,29H,5-6,12,14-16H2,1-4H3,(H,37,38)/t29-/m0/s1. The molecule has 0 saturated carbocycles. The average Bonchev–Trinajstić information content (AvgIpc) is 3.46. The van der Waals surface area contributed by atoms with E-state index in [2.05, 4.69) is 0 Å². The predicted octanol–water partition coefficient (Wildman–Crippen LogP) is 5.87. The van der Waals surface area contributed by atoms with Gasteiger partial charge < -0.3 is 19.5 Å². The second-order valence-electron chi connectivity index (χ2n) is 11.6. The van der Waals surface area contributed by atoms with Crippen LogP contribution in [0.4, 0.5) is 0 Å². The van der Waals surface area contributed by atoms with Gasteiger partial charge in [0.05, 0.1) is 23.2 Å². The molecule has 4 aromatic rings. The van der Waals surface area contributed by atoms with Crippen molar-refractivity contribution in [2.75, 3.05) is 19.7 Å². The molecule has 206 valence electrons. The molecule has 0 unspecified atom stereocenters. The van der Waals surface area contributed by atoms with Crippen LogP contribution in [0.15, 0.2) is 42.6 Å². The summed E-state index contributed by atoms with van der Waals surface area (Å²) < 4.78 is 12.1. The molecule has 8 heteroatoms. The maximum absolute atomic E-state index is 13.2. The molecule has 0 bridgehead atoms. The number of hydrogen-bond acceptors (Lipinski definition) is 6. The summed E-state index contributed by atoms with van der Waals surface area (Å²) in [5.74, 6) is -0.391. The molecule has 1 atom stereocenters. The Morgan fingerprint density at radius 2 is 1.88 bits per heavy atom. The Bertz CT molecular complexity index is 1660. The Kier molecular flexibility index (Phi) is 6.45. The van der Waals surface area contributed by atoms with Crippen LogP contribution in [0.1, 0.15) is 66.9 Å². The van der Waals surface area contributed by atoms with Gasteiger partial charge in [-0.1, -0.05) is 0 Å². The quantitative estimate of drug-likeness (QED) is 0.338. The first kappa shape index (κ1) is 26.2. The topological polar surface area (TPSA) is 102 Å². The molecule has 1 amide bonds. The lowest BCUT2D eigenvalue weighted by Crippen LogP contribution is -2.29. The summed E-state index contributed by atoms with van der Waals surface area (Å²) in [5, 5.41) is 12.1. The van der Waals surface area contributed by atoms with Gasteiger partial charge in [-0.15, -0.1) is 0 Å². The van der Waals surface area contributed by atoms with Crippen LogP contribution < -0.4 is 4.74 Å².